The van der Waals surface area contributed by atoms with Crippen LogP contribution in [0.5, 0.6) is 0 Å². The average molecular weight is 495 g/mol. The Morgan fingerprint density at radius 1 is 0.605 bits per heavy atom. The van der Waals surface area contributed by atoms with Crippen LogP contribution in [0.15, 0.2) is 133 Å². The summed E-state index contributed by atoms with van der Waals surface area (Å²) in [4.78, 5) is 4.88. The minimum atomic E-state index is 1.02. The summed E-state index contributed by atoms with van der Waals surface area (Å²) in [6, 6.07) is 31.2. The number of hydrogen-bond acceptors (Lipinski definition) is 2. The van der Waals surface area contributed by atoms with E-state index >= 15 is 0 Å². The van der Waals surface area contributed by atoms with Crippen LogP contribution < -0.4 is 9.80 Å². The van der Waals surface area contributed by atoms with Crippen LogP contribution in [-0.2, 0) is 0 Å². The van der Waals surface area contributed by atoms with E-state index in [1.54, 1.807) is 0 Å². The van der Waals surface area contributed by atoms with Gasteiger partial charge in [0.05, 0.1) is 11.4 Å². The van der Waals surface area contributed by atoms with Crippen LogP contribution in [-0.4, -0.2) is 0 Å². The number of aryl methyl sites for hydroxylation is 2. The third kappa shape index (κ3) is 4.70. The van der Waals surface area contributed by atoms with Gasteiger partial charge < -0.3 is 9.80 Å². The van der Waals surface area contributed by atoms with Crippen molar-refractivity contribution in [2.45, 2.75) is 39.5 Å². The summed E-state index contributed by atoms with van der Waals surface area (Å²) in [5, 5.41) is 2.50. The number of fused-ring (bicyclic) bond motifs is 1. The SMILES string of the molecule is Cc1cccc(N(C2=CCCC=C2)c2ccc(N(C3=CC=CCC3)c3cccc(C)c3)c3ccccc23)c1. The fraction of sp³-hybridized carbons (Fsp3) is 0.167. The summed E-state index contributed by atoms with van der Waals surface area (Å²) < 4.78 is 0. The van der Waals surface area contributed by atoms with Crippen LogP contribution in [0.1, 0.15) is 36.8 Å². The standard InChI is InChI=1S/C36H34N2/c1-27-13-11-19-31(25-27)37(29-15-5-3-6-16-29)35-23-24-36(34-22-10-9-21-33(34)35)38(30-17-7-4-8-18-30)32-20-12-14-28(2)26-32/h3,5,7,9-15,17-26H,4,6,8,16H2,1-2H3. The van der Waals surface area contributed by atoms with E-state index in [1.807, 2.05) is 0 Å². The first-order chi connectivity index (χ1) is 18.7. The van der Waals surface area contributed by atoms with Gasteiger partial charge >= 0.3 is 0 Å². The second-order valence-electron chi connectivity index (χ2n) is 10.2. The molecule has 2 nitrogen and oxygen atoms in total. The quantitative estimate of drug-likeness (QED) is 0.263. The molecule has 0 radical (unpaired) electrons. The summed E-state index contributed by atoms with van der Waals surface area (Å²) in [7, 11) is 0. The predicted octanol–water partition coefficient (Wildman–Crippen LogP) is 10.2. The Bertz CT molecular complexity index is 1600. The van der Waals surface area contributed by atoms with E-state index in [-0.39, 0.29) is 0 Å². The molecule has 4 aromatic rings. The fourth-order valence-electron chi connectivity index (χ4n) is 5.62. The van der Waals surface area contributed by atoms with Crippen LogP contribution in [0.3, 0.4) is 0 Å². The molecule has 0 atom stereocenters. The molecule has 188 valence electrons. The Kier molecular flexibility index (Phi) is 6.71. The highest BCUT2D eigenvalue weighted by atomic mass is 15.2. The summed E-state index contributed by atoms with van der Waals surface area (Å²) in [5.41, 5.74) is 9.90. The van der Waals surface area contributed by atoms with Gasteiger partial charge in [-0.1, -0.05) is 72.8 Å². The van der Waals surface area contributed by atoms with Crippen molar-refractivity contribution in [1.29, 1.82) is 0 Å². The average Bonchev–Trinajstić information content (AvgIpc) is 2.96. The minimum Gasteiger partial charge on any atom is -0.314 e. The van der Waals surface area contributed by atoms with E-state index in [0.717, 1.165) is 25.7 Å². The molecule has 2 aliphatic carbocycles. The van der Waals surface area contributed by atoms with Gasteiger partial charge in [0.1, 0.15) is 0 Å². The molecule has 0 saturated carbocycles. The third-order valence-electron chi connectivity index (χ3n) is 7.39. The molecule has 0 fully saturated rings. The van der Waals surface area contributed by atoms with E-state index in [1.165, 1.54) is 56.0 Å². The van der Waals surface area contributed by atoms with E-state index in [9.17, 15) is 0 Å². The molecule has 0 heterocycles. The third-order valence-corrected chi connectivity index (χ3v) is 7.39. The first-order valence-corrected chi connectivity index (χ1v) is 13.7. The lowest BCUT2D eigenvalue weighted by molar-refractivity contribution is 0.919. The molecule has 4 aromatic carbocycles. The first kappa shape index (κ1) is 24.1. The highest BCUT2D eigenvalue weighted by molar-refractivity contribution is 6.05. The minimum absolute atomic E-state index is 1.02. The summed E-state index contributed by atoms with van der Waals surface area (Å²) in [6.45, 7) is 4.34. The van der Waals surface area contributed by atoms with E-state index in [2.05, 4.69) is 145 Å². The lowest BCUT2D eigenvalue weighted by atomic mass is 10.0. The fourth-order valence-corrected chi connectivity index (χ4v) is 5.62. The largest absolute Gasteiger partial charge is 0.314 e. The molecule has 2 aliphatic rings. The molecule has 0 amide bonds. The lowest BCUT2D eigenvalue weighted by Crippen LogP contribution is -2.19. The maximum Gasteiger partial charge on any atom is 0.0541 e. The van der Waals surface area contributed by atoms with Gasteiger partial charge in [-0.25, -0.2) is 0 Å². The Morgan fingerprint density at radius 2 is 1.26 bits per heavy atom. The van der Waals surface area contributed by atoms with Crippen LogP contribution in [0, 0.1) is 13.8 Å². The second-order valence-corrected chi connectivity index (χ2v) is 10.2. The van der Waals surface area contributed by atoms with Crippen molar-refractivity contribution >= 4 is 33.5 Å². The van der Waals surface area contributed by atoms with Crippen molar-refractivity contribution in [3.63, 3.8) is 0 Å². The topological polar surface area (TPSA) is 6.48 Å². The predicted molar refractivity (Wildman–Crippen MR) is 163 cm³/mol. The van der Waals surface area contributed by atoms with Crippen molar-refractivity contribution in [3.05, 3.63) is 144 Å². The molecule has 0 saturated heterocycles. The molecule has 2 heteroatoms. The van der Waals surface area contributed by atoms with Crippen LogP contribution >= 0.6 is 0 Å². The molecule has 0 aromatic heterocycles. The molecule has 0 N–H and O–H groups in total. The van der Waals surface area contributed by atoms with Gasteiger partial charge in [-0.05, 0) is 99.2 Å². The molecule has 0 unspecified atom stereocenters. The van der Waals surface area contributed by atoms with Gasteiger partial charge in [-0.15, -0.1) is 0 Å². The smallest absolute Gasteiger partial charge is 0.0541 e. The molecule has 0 aliphatic heterocycles. The van der Waals surface area contributed by atoms with Gasteiger partial charge in [-0.3, -0.25) is 0 Å². The number of rotatable bonds is 6. The summed E-state index contributed by atoms with van der Waals surface area (Å²) in [6.07, 6.45) is 17.9. The van der Waals surface area contributed by atoms with E-state index in [0.29, 0.717) is 0 Å². The van der Waals surface area contributed by atoms with Crippen molar-refractivity contribution in [2.75, 3.05) is 9.80 Å². The monoisotopic (exact) mass is 494 g/mol. The van der Waals surface area contributed by atoms with Crippen LogP contribution in [0.25, 0.3) is 10.8 Å². The normalized spacial score (nSPS) is 14.8. The number of benzene rings is 4. The highest BCUT2D eigenvalue weighted by Crippen LogP contribution is 2.43. The van der Waals surface area contributed by atoms with Crippen molar-refractivity contribution in [2.24, 2.45) is 0 Å². The Morgan fingerprint density at radius 3 is 1.84 bits per heavy atom. The Hall–Kier alpha value is -4.30. The summed E-state index contributed by atoms with van der Waals surface area (Å²) >= 11 is 0. The molecular formula is C36H34N2. The van der Waals surface area contributed by atoms with Gasteiger partial charge in [0, 0.05) is 33.5 Å². The zero-order valence-electron chi connectivity index (χ0n) is 22.3. The van der Waals surface area contributed by atoms with Crippen molar-refractivity contribution in [3.8, 4) is 0 Å². The van der Waals surface area contributed by atoms with E-state index in [4.69, 9.17) is 0 Å². The Balaban J connectivity index is 1.58. The first-order valence-electron chi connectivity index (χ1n) is 13.7. The lowest BCUT2D eigenvalue weighted by Gasteiger charge is -2.33. The molecule has 0 spiro atoms. The Labute approximate surface area is 226 Å². The number of anilines is 4. The van der Waals surface area contributed by atoms with Crippen molar-refractivity contribution in [1.82, 2.24) is 0 Å². The number of nitrogens with zero attached hydrogens (tertiary/aromatic N) is 2. The zero-order valence-corrected chi connectivity index (χ0v) is 22.3. The second kappa shape index (κ2) is 10.6. The van der Waals surface area contributed by atoms with Gasteiger partial charge in [0.25, 0.3) is 0 Å². The molecule has 38 heavy (non-hydrogen) atoms. The van der Waals surface area contributed by atoms with E-state index < -0.39 is 0 Å². The van der Waals surface area contributed by atoms with Crippen molar-refractivity contribution < 1.29 is 0 Å². The maximum absolute atomic E-state index is 2.46. The van der Waals surface area contributed by atoms with Crippen LogP contribution in [0.2, 0.25) is 0 Å². The van der Waals surface area contributed by atoms with Gasteiger partial charge in [-0.2, -0.15) is 0 Å². The van der Waals surface area contributed by atoms with Gasteiger partial charge in [0.2, 0.25) is 0 Å². The number of allylic oxidation sites excluding steroid dienone is 7. The summed E-state index contributed by atoms with van der Waals surface area (Å²) in [5.74, 6) is 0. The molecule has 0 bridgehead atoms. The molecular weight excluding hydrogens is 460 g/mol. The highest BCUT2D eigenvalue weighted by Gasteiger charge is 2.22. The zero-order chi connectivity index (χ0) is 25.9. The van der Waals surface area contributed by atoms with Gasteiger partial charge in [0.15, 0.2) is 0 Å². The maximum atomic E-state index is 2.46. The molecule has 6 rings (SSSR count). The van der Waals surface area contributed by atoms with Crippen LogP contribution in [0.4, 0.5) is 22.7 Å². The number of hydrogen-bond donors (Lipinski definition) is 0.